The molecule has 0 spiro atoms. The number of ether oxygens (including phenoxy) is 2. The highest BCUT2D eigenvalue weighted by Crippen LogP contribution is 2.35. The van der Waals surface area contributed by atoms with Gasteiger partial charge in [0.25, 0.3) is 11.5 Å². The zero-order valence-corrected chi connectivity index (χ0v) is 20.1. The highest BCUT2D eigenvalue weighted by Gasteiger charge is 2.34. The van der Waals surface area contributed by atoms with Crippen molar-refractivity contribution in [2.24, 2.45) is 0 Å². The van der Waals surface area contributed by atoms with Gasteiger partial charge < -0.3 is 9.47 Å². The summed E-state index contributed by atoms with van der Waals surface area (Å²) in [5.41, 5.74) is -0.672. The smallest absolute Gasteiger partial charge is 0.297 e. The van der Waals surface area contributed by atoms with Crippen molar-refractivity contribution in [2.45, 2.75) is 39.7 Å². The number of aryl methyl sites for hydroxylation is 2. The van der Waals surface area contributed by atoms with E-state index in [4.69, 9.17) is 26.3 Å². The van der Waals surface area contributed by atoms with E-state index in [9.17, 15) is 18.0 Å². The number of nitriles is 1. The molecule has 3 aromatic rings. The van der Waals surface area contributed by atoms with Crippen LogP contribution < -0.4 is 10.3 Å². The molecule has 0 fully saturated rings. The minimum Gasteiger partial charge on any atom is -0.446 e. The normalized spacial score (nSPS) is 11.4. The summed E-state index contributed by atoms with van der Waals surface area (Å²) >= 11 is 5.90. The van der Waals surface area contributed by atoms with Gasteiger partial charge in [-0.25, -0.2) is 19.3 Å². The van der Waals surface area contributed by atoms with Gasteiger partial charge in [0.05, 0.1) is 30.7 Å². The first-order valence-corrected chi connectivity index (χ1v) is 10.7. The molecule has 0 aliphatic heterocycles. The van der Waals surface area contributed by atoms with E-state index < -0.39 is 40.1 Å². The lowest BCUT2D eigenvalue weighted by atomic mass is 10.1. The Kier molecular flexibility index (Phi) is 7.77. The van der Waals surface area contributed by atoms with Crippen molar-refractivity contribution in [3.63, 3.8) is 0 Å². The Morgan fingerprint density at radius 1 is 1.26 bits per heavy atom. The zero-order valence-electron chi connectivity index (χ0n) is 19.3. The van der Waals surface area contributed by atoms with Crippen LogP contribution >= 0.6 is 11.6 Å². The van der Waals surface area contributed by atoms with Crippen LogP contribution in [0.2, 0.25) is 5.02 Å². The van der Waals surface area contributed by atoms with E-state index in [-0.39, 0.29) is 11.6 Å². The number of rotatable bonds is 8. The van der Waals surface area contributed by atoms with Crippen LogP contribution in [0.5, 0.6) is 11.5 Å². The summed E-state index contributed by atoms with van der Waals surface area (Å²) in [5, 5.41) is 9.01. The highest BCUT2D eigenvalue weighted by atomic mass is 35.5. The first-order valence-electron chi connectivity index (χ1n) is 10.3. The average molecular weight is 508 g/mol. The van der Waals surface area contributed by atoms with Gasteiger partial charge in [-0.05, 0) is 19.9 Å². The molecular formula is C23H21ClF3N5O3. The lowest BCUT2D eigenvalue weighted by Gasteiger charge is -2.18. The van der Waals surface area contributed by atoms with Crippen molar-refractivity contribution >= 4 is 11.6 Å². The monoisotopic (exact) mass is 507 g/mol. The molecule has 0 saturated heterocycles. The third-order valence-electron chi connectivity index (χ3n) is 5.03. The second kappa shape index (κ2) is 10.4. The summed E-state index contributed by atoms with van der Waals surface area (Å²) in [6, 6.07) is 3.61. The van der Waals surface area contributed by atoms with E-state index in [1.807, 2.05) is 0 Å². The molecule has 1 aromatic carbocycles. The Bertz CT molecular complexity index is 1370. The number of hydrogen-bond acceptors (Lipinski definition) is 7. The summed E-state index contributed by atoms with van der Waals surface area (Å²) in [6.07, 6.45) is 1.38. The Morgan fingerprint density at radius 3 is 2.60 bits per heavy atom. The fraction of sp³-hybridized carbons (Fsp3) is 0.348. The maximum atomic E-state index is 14.7. The molecule has 2 heterocycles. The molecule has 0 aliphatic rings. The number of hydrogen-bond donors (Lipinski definition) is 0. The second-order valence-electron chi connectivity index (χ2n) is 7.75. The largest absolute Gasteiger partial charge is 0.446 e. The third kappa shape index (κ3) is 5.78. The van der Waals surface area contributed by atoms with Gasteiger partial charge in [0.2, 0.25) is 5.75 Å². The molecule has 12 heteroatoms. The topological polar surface area (TPSA) is 103 Å². The van der Waals surface area contributed by atoms with Crippen molar-refractivity contribution in [1.29, 1.82) is 5.26 Å². The molecule has 0 atom stereocenters. The number of halogens is 4. The van der Waals surface area contributed by atoms with Gasteiger partial charge >= 0.3 is 0 Å². The van der Waals surface area contributed by atoms with Crippen molar-refractivity contribution < 1.29 is 22.6 Å². The van der Waals surface area contributed by atoms with E-state index in [1.165, 1.54) is 7.11 Å². The van der Waals surface area contributed by atoms with Crippen LogP contribution in [-0.4, -0.2) is 33.2 Å². The SMILES string of the molecule is COCCc1nc(C)nc(C)c1Cn1cnc(C(C)(F)F)c(Oc2cc(Cl)cc(C#N)c2F)c1=O. The van der Waals surface area contributed by atoms with Crippen LogP contribution in [-0.2, 0) is 23.6 Å². The Morgan fingerprint density at radius 2 is 1.97 bits per heavy atom. The van der Waals surface area contributed by atoms with Gasteiger partial charge in [-0.1, -0.05) is 11.6 Å². The molecule has 0 aliphatic carbocycles. The summed E-state index contributed by atoms with van der Waals surface area (Å²) in [4.78, 5) is 25.8. The minimum atomic E-state index is -3.59. The average Bonchev–Trinajstić information content (AvgIpc) is 2.77. The Balaban J connectivity index is 2.15. The Hall–Kier alpha value is -3.49. The minimum absolute atomic E-state index is 0.0813. The quantitative estimate of drug-likeness (QED) is 0.443. The predicted octanol–water partition coefficient (Wildman–Crippen LogP) is 4.46. The van der Waals surface area contributed by atoms with Crippen LogP contribution in [0.4, 0.5) is 13.2 Å². The number of aromatic nitrogens is 4. The number of benzene rings is 1. The van der Waals surface area contributed by atoms with E-state index in [1.54, 1.807) is 19.9 Å². The van der Waals surface area contributed by atoms with E-state index in [0.717, 1.165) is 23.0 Å². The molecule has 0 amide bonds. The first-order chi connectivity index (χ1) is 16.5. The van der Waals surface area contributed by atoms with Gasteiger partial charge in [0.15, 0.2) is 17.3 Å². The van der Waals surface area contributed by atoms with Gasteiger partial charge in [-0.3, -0.25) is 9.36 Å². The molecular weight excluding hydrogens is 487 g/mol. The van der Waals surface area contributed by atoms with Crippen LogP contribution in [0.3, 0.4) is 0 Å². The summed E-state index contributed by atoms with van der Waals surface area (Å²) < 4.78 is 54.7. The van der Waals surface area contributed by atoms with Crippen LogP contribution in [0, 0.1) is 31.0 Å². The molecule has 8 nitrogen and oxygen atoms in total. The van der Waals surface area contributed by atoms with Crippen molar-refractivity contribution in [2.75, 3.05) is 13.7 Å². The van der Waals surface area contributed by atoms with Crippen molar-refractivity contribution in [1.82, 2.24) is 19.5 Å². The fourth-order valence-corrected chi connectivity index (χ4v) is 3.61. The molecule has 184 valence electrons. The Labute approximate surface area is 203 Å². The van der Waals surface area contributed by atoms with Crippen LogP contribution in [0.15, 0.2) is 23.3 Å². The molecule has 3 rings (SSSR count). The first kappa shape index (κ1) is 26.1. The maximum Gasteiger partial charge on any atom is 0.297 e. The summed E-state index contributed by atoms with van der Waals surface area (Å²) in [7, 11) is 1.54. The third-order valence-corrected chi connectivity index (χ3v) is 5.25. The summed E-state index contributed by atoms with van der Waals surface area (Å²) in [6.45, 7) is 4.24. The zero-order chi connectivity index (χ0) is 25.9. The highest BCUT2D eigenvalue weighted by molar-refractivity contribution is 6.30. The standard InChI is InChI=1S/C23H21ClF3N5O3/c1-12-16(17(5-6-34-4)31-13(2)30-12)10-32-11-29-21(23(3,26)27)20(22(32)33)35-18-8-15(24)7-14(9-28)19(18)25/h7-8,11H,5-6,10H2,1-4H3. The van der Waals surface area contributed by atoms with Crippen molar-refractivity contribution in [3.05, 3.63) is 73.7 Å². The molecule has 0 N–H and O–H groups in total. The fourth-order valence-electron chi connectivity index (χ4n) is 3.41. The predicted molar refractivity (Wildman–Crippen MR) is 120 cm³/mol. The van der Waals surface area contributed by atoms with Crippen molar-refractivity contribution in [3.8, 4) is 17.6 Å². The lowest BCUT2D eigenvalue weighted by molar-refractivity contribution is 0.0100. The lowest BCUT2D eigenvalue weighted by Crippen LogP contribution is -2.28. The molecule has 0 radical (unpaired) electrons. The molecule has 0 bridgehead atoms. The second-order valence-corrected chi connectivity index (χ2v) is 8.18. The molecule has 0 saturated carbocycles. The van der Waals surface area contributed by atoms with Gasteiger partial charge in [0.1, 0.15) is 11.9 Å². The van der Waals surface area contributed by atoms with Gasteiger partial charge in [-0.15, -0.1) is 0 Å². The van der Waals surface area contributed by atoms with Gasteiger partial charge in [-0.2, -0.15) is 14.0 Å². The number of alkyl halides is 2. The van der Waals surface area contributed by atoms with E-state index in [0.29, 0.717) is 42.7 Å². The molecule has 35 heavy (non-hydrogen) atoms. The number of methoxy groups -OCH3 is 1. The van der Waals surface area contributed by atoms with E-state index in [2.05, 4.69) is 15.0 Å². The number of nitrogens with zero attached hydrogens (tertiary/aromatic N) is 5. The van der Waals surface area contributed by atoms with E-state index >= 15 is 0 Å². The van der Waals surface area contributed by atoms with Crippen LogP contribution in [0.1, 0.15) is 41.0 Å². The molecule has 0 unspecified atom stereocenters. The van der Waals surface area contributed by atoms with Gasteiger partial charge in [0, 0.05) is 42.8 Å². The molecule has 2 aromatic heterocycles. The maximum absolute atomic E-state index is 14.7. The van der Waals surface area contributed by atoms with Crippen LogP contribution in [0.25, 0.3) is 0 Å². The summed E-state index contributed by atoms with van der Waals surface area (Å²) in [5.74, 6) is -5.77.